The lowest BCUT2D eigenvalue weighted by atomic mass is 10.3. The third-order valence-corrected chi connectivity index (χ3v) is 1.77. The van der Waals surface area contributed by atoms with Gasteiger partial charge in [0.1, 0.15) is 11.6 Å². The van der Waals surface area contributed by atoms with Crippen molar-refractivity contribution in [2.75, 3.05) is 0 Å². The van der Waals surface area contributed by atoms with Gasteiger partial charge >= 0.3 is 0 Å². The van der Waals surface area contributed by atoms with Gasteiger partial charge in [0, 0.05) is 10.5 Å². The van der Waals surface area contributed by atoms with Crippen LogP contribution in [0.1, 0.15) is 0 Å². The Balaban J connectivity index is 3.35. The van der Waals surface area contributed by atoms with E-state index in [0.717, 1.165) is 6.07 Å². The van der Waals surface area contributed by atoms with Crippen LogP contribution in [0.5, 0.6) is 5.75 Å². The first kappa shape index (κ1) is 8.02. The van der Waals surface area contributed by atoms with E-state index in [0.29, 0.717) is 4.47 Å². The van der Waals surface area contributed by atoms with Crippen LogP contribution in [-0.4, -0.2) is 5.11 Å². The molecule has 0 saturated carbocycles. The largest absolute Gasteiger partial charge is 0.507 e. The van der Waals surface area contributed by atoms with Crippen molar-refractivity contribution in [3.8, 4) is 5.75 Å². The third kappa shape index (κ3) is 1.49. The van der Waals surface area contributed by atoms with E-state index in [1.807, 2.05) is 0 Å². The number of rotatable bonds is 0. The molecule has 0 fully saturated rings. The van der Waals surface area contributed by atoms with Gasteiger partial charge in [0.05, 0.1) is 6.57 Å². The van der Waals surface area contributed by atoms with Crippen LogP contribution in [0.3, 0.4) is 0 Å². The van der Waals surface area contributed by atoms with Crippen molar-refractivity contribution in [2.24, 2.45) is 0 Å². The maximum absolute atomic E-state index is 12.6. The van der Waals surface area contributed by atoms with Crippen LogP contribution in [0.2, 0.25) is 0 Å². The van der Waals surface area contributed by atoms with Gasteiger partial charge < -0.3 is 5.11 Å². The average molecular weight is 216 g/mol. The standard InChI is InChI=1S/C7H3BrFNO/c1-10-6-2-4(8)7(11)3-5(6)9/h2-3,11H. The molecule has 0 aliphatic carbocycles. The highest BCUT2D eigenvalue weighted by Crippen LogP contribution is 2.30. The molecule has 11 heavy (non-hydrogen) atoms. The quantitative estimate of drug-likeness (QED) is 0.662. The monoisotopic (exact) mass is 215 g/mol. The van der Waals surface area contributed by atoms with E-state index < -0.39 is 5.82 Å². The first-order chi connectivity index (χ1) is 5.15. The SMILES string of the molecule is [C-]#[N+]c1cc(Br)c(O)cc1F. The Kier molecular flexibility index (Phi) is 2.11. The molecule has 0 radical (unpaired) electrons. The number of phenols is 1. The molecule has 0 saturated heterocycles. The number of benzene rings is 1. The number of halogens is 2. The van der Waals surface area contributed by atoms with Crippen molar-refractivity contribution in [3.05, 3.63) is 33.8 Å². The van der Waals surface area contributed by atoms with Crippen LogP contribution < -0.4 is 0 Å². The lowest BCUT2D eigenvalue weighted by Crippen LogP contribution is -1.75. The molecule has 0 aliphatic rings. The van der Waals surface area contributed by atoms with Gasteiger partial charge in [-0.3, -0.25) is 0 Å². The molecule has 2 nitrogen and oxygen atoms in total. The van der Waals surface area contributed by atoms with Gasteiger partial charge in [0.15, 0.2) is 0 Å². The lowest BCUT2D eigenvalue weighted by molar-refractivity contribution is 0.466. The van der Waals surface area contributed by atoms with Crippen LogP contribution in [-0.2, 0) is 0 Å². The zero-order chi connectivity index (χ0) is 8.43. The molecule has 1 aromatic carbocycles. The van der Waals surface area contributed by atoms with E-state index in [-0.39, 0.29) is 11.4 Å². The van der Waals surface area contributed by atoms with Gasteiger partial charge in [-0.2, -0.15) is 0 Å². The van der Waals surface area contributed by atoms with E-state index in [1.165, 1.54) is 6.07 Å². The van der Waals surface area contributed by atoms with Crippen LogP contribution >= 0.6 is 15.9 Å². The van der Waals surface area contributed by atoms with Crippen LogP contribution in [0.15, 0.2) is 16.6 Å². The zero-order valence-electron chi connectivity index (χ0n) is 5.31. The second kappa shape index (κ2) is 2.89. The first-order valence-corrected chi connectivity index (χ1v) is 3.50. The lowest BCUT2D eigenvalue weighted by Gasteiger charge is -1.97. The van der Waals surface area contributed by atoms with Gasteiger partial charge in [-0.15, -0.1) is 0 Å². The highest BCUT2D eigenvalue weighted by Gasteiger charge is 2.05. The van der Waals surface area contributed by atoms with E-state index in [4.69, 9.17) is 11.7 Å². The molecule has 0 spiro atoms. The molecule has 0 unspecified atom stereocenters. The van der Waals surface area contributed by atoms with Crippen LogP contribution in [0.25, 0.3) is 4.85 Å². The minimum absolute atomic E-state index is 0.102. The molecule has 1 rings (SSSR count). The highest BCUT2D eigenvalue weighted by atomic mass is 79.9. The van der Waals surface area contributed by atoms with E-state index in [1.54, 1.807) is 0 Å². The predicted octanol–water partition coefficient (Wildman–Crippen LogP) is 2.84. The van der Waals surface area contributed by atoms with Gasteiger partial charge in [-0.1, -0.05) is 0 Å². The molecular weight excluding hydrogens is 213 g/mol. The summed E-state index contributed by atoms with van der Waals surface area (Å²) in [4.78, 5) is 2.91. The molecule has 1 aromatic rings. The number of phenolic OH excluding ortho intramolecular Hbond substituents is 1. The second-order valence-corrected chi connectivity index (χ2v) is 2.72. The number of nitrogens with zero attached hydrogens (tertiary/aromatic N) is 1. The molecule has 0 bridgehead atoms. The Morgan fingerprint density at radius 1 is 1.55 bits per heavy atom. The molecular formula is C7H3BrFNO. The fourth-order valence-corrected chi connectivity index (χ4v) is 0.943. The topological polar surface area (TPSA) is 24.6 Å². The number of aromatic hydroxyl groups is 1. The number of hydrogen-bond donors (Lipinski definition) is 1. The summed E-state index contributed by atoms with van der Waals surface area (Å²) in [6.07, 6.45) is 0. The summed E-state index contributed by atoms with van der Waals surface area (Å²) in [7, 11) is 0. The average Bonchev–Trinajstić information content (AvgIpc) is 1.97. The predicted molar refractivity (Wildman–Crippen MR) is 42.0 cm³/mol. The Morgan fingerprint density at radius 2 is 2.18 bits per heavy atom. The fraction of sp³-hybridized carbons (Fsp3) is 0. The van der Waals surface area contributed by atoms with E-state index >= 15 is 0 Å². The zero-order valence-corrected chi connectivity index (χ0v) is 6.89. The molecule has 0 heterocycles. The Labute approximate surface area is 71.2 Å². The van der Waals surface area contributed by atoms with Gasteiger partial charge in [0.25, 0.3) is 0 Å². The highest BCUT2D eigenvalue weighted by molar-refractivity contribution is 9.10. The maximum atomic E-state index is 12.6. The van der Waals surface area contributed by atoms with Crippen molar-refractivity contribution in [1.82, 2.24) is 0 Å². The molecule has 0 aliphatic heterocycles. The first-order valence-electron chi connectivity index (χ1n) is 2.70. The Morgan fingerprint density at radius 3 is 2.73 bits per heavy atom. The molecule has 0 amide bonds. The Bertz CT molecular complexity index is 332. The normalized spacial score (nSPS) is 9.18. The van der Waals surface area contributed by atoms with E-state index in [9.17, 15) is 4.39 Å². The van der Waals surface area contributed by atoms with E-state index in [2.05, 4.69) is 20.8 Å². The summed E-state index contributed by atoms with van der Waals surface area (Å²) in [6, 6.07) is 2.13. The summed E-state index contributed by atoms with van der Waals surface area (Å²) in [5.41, 5.74) is -0.102. The van der Waals surface area contributed by atoms with Crippen LogP contribution in [0, 0.1) is 12.4 Å². The summed E-state index contributed by atoms with van der Waals surface area (Å²) >= 11 is 2.96. The smallest absolute Gasteiger partial charge is 0.223 e. The molecule has 0 aromatic heterocycles. The van der Waals surface area contributed by atoms with Crippen molar-refractivity contribution >= 4 is 21.6 Å². The minimum atomic E-state index is -0.708. The summed E-state index contributed by atoms with van der Waals surface area (Å²) < 4.78 is 13.0. The van der Waals surface area contributed by atoms with Crippen molar-refractivity contribution in [2.45, 2.75) is 0 Å². The number of hydrogen-bond acceptors (Lipinski definition) is 1. The maximum Gasteiger partial charge on any atom is 0.223 e. The van der Waals surface area contributed by atoms with Crippen LogP contribution in [0.4, 0.5) is 10.1 Å². The molecule has 1 N–H and O–H groups in total. The van der Waals surface area contributed by atoms with Gasteiger partial charge in [-0.05, 0) is 22.0 Å². The molecule has 4 heteroatoms. The van der Waals surface area contributed by atoms with Crippen molar-refractivity contribution < 1.29 is 9.50 Å². The van der Waals surface area contributed by atoms with Gasteiger partial charge in [-0.25, -0.2) is 9.24 Å². The van der Waals surface area contributed by atoms with Gasteiger partial charge in [0.2, 0.25) is 5.69 Å². The van der Waals surface area contributed by atoms with Crippen molar-refractivity contribution in [3.63, 3.8) is 0 Å². The van der Waals surface area contributed by atoms with Crippen molar-refractivity contribution in [1.29, 1.82) is 0 Å². The Hall–Kier alpha value is -1.08. The third-order valence-electron chi connectivity index (χ3n) is 1.14. The molecule has 0 atom stereocenters. The summed E-state index contributed by atoms with van der Waals surface area (Å²) in [5.74, 6) is -0.907. The molecule has 56 valence electrons. The second-order valence-electron chi connectivity index (χ2n) is 1.87. The minimum Gasteiger partial charge on any atom is -0.507 e. The fourth-order valence-electron chi connectivity index (χ4n) is 0.612. The summed E-state index contributed by atoms with van der Waals surface area (Å²) in [5, 5.41) is 8.93. The summed E-state index contributed by atoms with van der Waals surface area (Å²) in [6.45, 7) is 6.53.